The number of fused-ring (bicyclic) bond motifs is 1. The Balaban J connectivity index is 1.93. The summed E-state index contributed by atoms with van der Waals surface area (Å²) in [6, 6.07) is 4.90. The Kier molecular flexibility index (Phi) is 5.25. The first-order chi connectivity index (χ1) is 10.5. The van der Waals surface area contributed by atoms with Gasteiger partial charge < -0.3 is 19.7 Å². The molecule has 0 aliphatic carbocycles. The molecule has 0 radical (unpaired) electrons. The summed E-state index contributed by atoms with van der Waals surface area (Å²) in [5.41, 5.74) is 0.824. The van der Waals surface area contributed by atoms with Crippen LogP contribution in [-0.4, -0.2) is 49.6 Å². The second-order valence-corrected chi connectivity index (χ2v) is 5.30. The van der Waals surface area contributed by atoms with Crippen LogP contribution in [0.25, 0.3) is 0 Å². The highest BCUT2D eigenvalue weighted by atomic mass is 16.6. The predicted octanol–water partition coefficient (Wildman–Crippen LogP) is 0.983. The van der Waals surface area contributed by atoms with Gasteiger partial charge in [-0.3, -0.25) is 9.59 Å². The Labute approximate surface area is 130 Å². The van der Waals surface area contributed by atoms with Crippen molar-refractivity contribution in [3.8, 4) is 11.5 Å². The average Bonchev–Trinajstić information content (AvgIpc) is 2.53. The van der Waals surface area contributed by atoms with Crippen LogP contribution >= 0.6 is 0 Å². The first-order valence-corrected chi connectivity index (χ1v) is 7.44. The van der Waals surface area contributed by atoms with Crippen molar-refractivity contribution in [2.45, 2.75) is 26.3 Å². The molecule has 0 spiro atoms. The van der Waals surface area contributed by atoms with Crippen LogP contribution < -0.4 is 14.8 Å². The van der Waals surface area contributed by atoms with Crippen molar-refractivity contribution in [2.75, 3.05) is 26.8 Å². The number of carbonyl (C=O) groups is 2. The molecule has 120 valence electrons. The van der Waals surface area contributed by atoms with Gasteiger partial charge in [0, 0.05) is 13.6 Å². The molecule has 0 saturated heterocycles. The van der Waals surface area contributed by atoms with E-state index in [-0.39, 0.29) is 18.2 Å². The maximum atomic E-state index is 12.1. The standard InChI is InChI=1S/C16H22N2O4/c1-4-18(3)16(20)11(2)17-15(19)10-12-5-6-13-14(9-12)22-8-7-21-13/h5-6,9,11H,4,7-8,10H2,1-3H3,(H,17,19). The maximum absolute atomic E-state index is 12.1. The number of nitrogens with one attached hydrogen (secondary N) is 1. The molecule has 0 saturated carbocycles. The lowest BCUT2D eigenvalue weighted by atomic mass is 10.1. The number of carbonyl (C=O) groups excluding carboxylic acids is 2. The lowest BCUT2D eigenvalue weighted by Gasteiger charge is -2.21. The number of hydrogen-bond acceptors (Lipinski definition) is 4. The van der Waals surface area contributed by atoms with Gasteiger partial charge in [0.1, 0.15) is 19.3 Å². The minimum Gasteiger partial charge on any atom is -0.486 e. The smallest absolute Gasteiger partial charge is 0.244 e. The summed E-state index contributed by atoms with van der Waals surface area (Å²) in [5.74, 6) is 1.06. The van der Waals surface area contributed by atoms with Crippen LogP contribution in [0.15, 0.2) is 18.2 Å². The summed E-state index contributed by atoms with van der Waals surface area (Å²) in [4.78, 5) is 25.6. The SMILES string of the molecule is CCN(C)C(=O)C(C)NC(=O)Cc1ccc2c(c1)OCCO2. The number of rotatable bonds is 5. The van der Waals surface area contributed by atoms with E-state index in [0.29, 0.717) is 31.3 Å². The van der Waals surface area contributed by atoms with Crippen LogP contribution in [0.3, 0.4) is 0 Å². The molecule has 6 nitrogen and oxygen atoms in total. The van der Waals surface area contributed by atoms with Crippen LogP contribution in [0.1, 0.15) is 19.4 Å². The molecule has 1 heterocycles. The number of hydrogen-bond donors (Lipinski definition) is 1. The van der Waals surface area contributed by atoms with Gasteiger partial charge in [-0.2, -0.15) is 0 Å². The number of amides is 2. The normalized spacial score (nSPS) is 14.1. The van der Waals surface area contributed by atoms with Gasteiger partial charge in [0.15, 0.2) is 11.5 Å². The monoisotopic (exact) mass is 306 g/mol. The number of likely N-dealkylation sites (N-methyl/N-ethyl adjacent to an activating group) is 1. The molecule has 22 heavy (non-hydrogen) atoms. The largest absolute Gasteiger partial charge is 0.486 e. The number of nitrogens with zero attached hydrogens (tertiary/aromatic N) is 1. The highest BCUT2D eigenvalue weighted by Crippen LogP contribution is 2.30. The van der Waals surface area contributed by atoms with Gasteiger partial charge in [0.2, 0.25) is 11.8 Å². The fourth-order valence-electron chi connectivity index (χ4n) is 2.22. The second-order valence-electron chi connectivity index (χ2n) is 5.30. The molecule has 1 aromatic rings. The molecule has 6 heteroatoms. The van der Waals surface area contributed by atoms with E-state index in [1.165, 1.54) is 0 Å². The second kappa shape index (κ2) is 7.15. The van der Waals surface area contributed by atoms with E-state index in [0.717, 1.165) is 5.56 Å². The Morgan fingerprint density at radius 1 is 1.27 bits per heavy atom. The molecule has 0 bridgehead atoms. The third-order valence-electron chi connectivity index (χ3n) is 3.57. The summed E-state index contributed by atoms with van der Waals surface area (Å²) < 4.78 is 10.9. The quantitative estimate of drug-likeness (QED) is 0.880. The molecule has 0 aromatic heterocycles. The van der Waals surface area contributed by atoms with Crippen LogP contribution in [0.5, 0.6) is 11.5 Å². The van der Waals surface area contributed by atoms with Crippen molar-refractivity contribution in [2.24, 2.45) is 0 Å². The van der Waals surface area contributed by atoms with E-state index in [1.54, 1.807) is 31.0 Å². The molecule has 0 fully saturated rings. The van der Waals surface area contributed by atoms with Gasteiger partial charge in [-0.1, -0.05) is 6.07 Å². The summed E-state index contributed by atoms with van der Waals surface area (Å²) in [6.45, 7) is 5.24. The summed E-state index contributed by atoms with van der Waals surface area (Å²) in [6.07, 6.45) is 0.199. The minimum atomic E-state index is -0.533. The third-order valence-corrected chi connectivity index (χ3v) is 3.57. The Morgan fingerprint density at radius 2 is 1.95 bits per heavy atom. The number of benzene rings is 1. The van der Waals surface area contributed by atoms with E-state index in [1.807, 2.05) is 13.0 Å². The van der Waals surface area contributed by atoms with Crippen LogP contribution in [0.4, 0.5) is 0 Å². The van der Waals surface area contributed by atoms with Gasteiger partial charge in [-0.25, -0.2) is 0 Å². The minimum absolute atomic E-state index is 0.0991. The molecule has 1 aliphatic rings. The van der Waals surface area contributed by atoms with E-state index < -0.39 is 6.04 Å². The third kappa shape index (κ3) is 3.90. The van der Waals surface area contributed by atoms with E-state index in [9.17, 15) is 9.59 Å². The predicted molar refractivity (Wildman–Crippen MR) is 82.1 cm³/mol. The average molecular weight is 306 g/mol. The number of ether oxygens (including phenoxy) is 2. The van der Waals surface area contributed by atoms with Crippen molar-refractivity contribution in [1.82, 2.24) is 10.2 Å². The molecular formula is C16H22N2O4. The first kappa shape index (κ1) is 16.1. The Bertz CT molecular complexity index is 559. The van der Waals surface area contributed by atoms with Crippen molar-refractivity contribution in [3.05, 3.63) is 23.8 Å². The molecule has 1 unspecified atom stereocenters. The van der Waals surface area contributed by atoms with Crippen molar-refractivity contribution in [3.63, 3.8) is 0 Å². The lowest BCUT2D eigenvalue weighted by molar-refractivity contribution is -0.134. The Morgan fingerprint density at radius 3 is 2.64 bits per heavy atom. The Hall–Kier alpha value is -2.24. The van der Waals surface area contributed by atoms with E-state index >= 15 is 0 Å². The molecule has 1 aliphatic heterocycles. The van der Waals surface area contributed by atoms with Gasteiger partial charge >= 0.3 is 0 Å². The molecule has 1 atom stereocenters. The van der Waals surface area contributed by atoms with Crippen LogP contribution in [0.2, 0.25) is 0 Å². The van der Waals surface area contributed by atoms with Crippen molar-refractivity contribution < 1.29 is 19.1 Å². The zero-order valence-electron chi connectivity index (χ0n) is 13.2. The van der Waals surface area contributed by atoms with Gasteiger partial charge in [-0.15, -0.1) is 0 Å². The zero-order valence-corrected chi connectivity index (χ0v) is 13.2. The molecule has 2 amide bonds. The van der Waals surface area contributed by atoms with Crippen molar-refractivity contribution >= 4 is 11.8 Å². The maximum Gasteiger partial charge on any atom is 0.244 e. The topological polar surface area (TPSA) is 67.9 Å². The fraction of sp³-hybridized carbons (Fsp3) is 0.500. The lowest BCUT2D eigenvalue weighted by Crippen LogP contribution is -2.45. The van der Waals surface area contributed by atoms with Gasteiger partial charge in [0.05, 0.1) is 6.42 Å². The van der Waals surface area contributed by atoms with Crippen molar-refractivity contribution in [1.29, 1.82) is 0 Å². The summed E-state index contributed by atoms with van der Waals surface area (Å²) in [7, 11) is 1.71. The molecule has 1 N–H and O–H groups in total. The van der Waals surface area contributed by atoms with E-state index in [2.05, 4.69) is 5.32 Å². The fourth-order valence-corrected chi connectivity index (χ4v) is 2.22. The van der Waals surface area contributed by atoms with Crippen LogP contribution in [-0.2, 0) is 16.0 Å². The molecular weight excluding hydrogens is 284 g/mol. The van der Waals surface area contributed by atoms with E-state index in [4.69, 9.17) is 9.47 Å². The van der Waals surface area contributed by atoms with Gasteiger partial charge in [-0.05, 0) is 31.5 Å². The van der Waals surface area contributed by atoms with Gasteiger partial charge in [0.25, 0.3) is 0 Å². The summed E-state index contributed by atoms with van der Waals surface area (Å²) >= 11 is 0. The summed E-state index contributed by atoms with van der Waals surface area (Å²) in [5, 5.41) is 2.72. The molecule has 1 aromatic carbocycles. The van der Waals surface area contributed by atoms with Crippen LogP contribution in [0, 0.1) is 0 Å². The first-order valence-electron chi connectivity index (χ1n) is 7.44. The highest BCUT2D eigenvalue weighted by Gasteiger charge is 2.19. The molecule has 2 rings (SSSR count). The zero-order chi connectivity index (χ0) is 16.1. The highest BCUT2D eigenvalue weighted by molar-refractivity contribution is 5.88.